The Morgan fingerprint density at radius 3 is 2.68 bits per heavy atom. The summed E-state index contributed by atoms with van der Waals surface area (Å²) in [7, 11) is 3.19. The average molecular weight is 303 g/mol. The zero-order valence-electron chi connectivity index (χ0n) is 13.1. The van der Waals surface area contributed by atoms with Crippen LogP contribution >= 0.6 is 0 Å². The molecule has 1 atom stereocenters. The summed E-state index contributed by atoms with van der Waals surface area (Å²) in [4.78, 5) is 12.4. The molecular weight excluding hydrogens is 282 g/mol. The van der Waals surface area contributed by atoms with E-state index in [1.54, 1.807) is 27.2 Å². The average Bonchev–Trinajstić information content (AvgIpc) is 2.53. The minimum atomic E-state index is -0.377. The number of rotatable bonds is 6. The fourth-order valence-corrected chi connectivity index (χ4v) is 2.21. The van der Waals surface area contributed by atoms with Crippen molar-refractivity contribution < 1.29 is 9.47 Å². The third kappa shape index (κ3) is 3.35. The van der Waals surface area contributed by atoms with E-state index in [4.69, 9.17) is 15.2 Å². The van der Waals surface area contributed by atoms with Gasteiger partial charge >= 0.3 is 0 Å². The predicted octanol–water partition coefficient (Wildman–Crippen LogP) is 1.58. The minimum absolute atomic E-state index is 0.189. The summed E-state index contributed by atoms with van der Waals surface area (Å²) in [5.41, 5.74) is 7.73. The first-order valence-electron chi connectivity index (χ1n) is 7.08. The Kier molecular flexibility index (Phi) is 5.30. The first-order chi connectivity index (χ1) is 10.6. The standard InChI is InChI=1S/C16H21N3O3/c1-11(17)13-10-14(12-6-4-5-7-15(12)22-3)18-19(16(13)20)8-9-21-2/h4-7,10-11H,8-9,17H2,1-3H3. The van der Waals surface area contributed by atoms with Crippen molar-refractivity contribution in [3.05, 3.63) is 46.2 Å². The third-order valence-electron chi connectivity index (χ3n) is 3.38. The van der Waals surface area contributed by atoms with Gasteiger partial charge in [-0.3, -0.25) is 4.79 Å². The maximum absolute atomic E-state index is 12.4. The molecule has 0 aliphatic heterocycles. The summed E-state index contributed by atoms with van der Waals surface area (Å²) in [6.07, 6.45) is 0. The molecule has 1 aromatic carbocycles. The second kappa shape index (κ2) is 7.20. The van der Waals surface area contributed by atoms with Gasteiger partial charge in [-0.05, 0) is 25.1 Å². The summed E-state index contributed by atoms with van der Waals surface area (Å²) in [6, 6.07) is 8.89. The third-order valence-corrected chi connectivity index (χ3v) is 3.38. The lowest BCUT2D eigenvalue weighted by Gasteiger charge is -2.14. The van der Waals surface area contributed by atoms with Crippen LogP contribution in [0.2, 0.25) is 0 Å². The fraction of sp³-hybridized carbons (Fsp3) is 0.375. The fourth-order valence-electron chi connectivity index (χ4n) is 2.21. The molecule has 0 fully saturated rings. The maximum atomic E-state index is 12.4. The second-order valence-corrected chi connectivity index (χ2v) is 4.99. The largest absolute Gasteiger partial charge is 0.496 e. The molecule has 6 nitrogen and oxygen atoms in total. The quantitative estimate of drug-likeness (QED) is 0.876. The highest BCUT2D eigenvalue weighted by molar-refractivity contribution is 5.67. The van der Waals surface area contributed by atoms with E-state index < -0.39 is 0 Å². The van der Waals surface area contributed by atoms with Gasteiger partial charge in [0, 0.05) is 24.3 Å². The molecular formula is C16H21N3O3. The number of methoxy groups -OCH3 is 2. The van der Waals surface area contributed by atoms with Crippen molar-refractivity contribution in [3.63, 3.8) is 0 Å². The van der Waals surface area contributed by atoms with Gasteiger partial charge in [-0.15, -0.1) is 0 Å². The minimum Gasteiger partial charge on any atom is -0.496 e. The van der Waals surface area contributed by atoms with Crippen molar-refractivity contribution >= 4 is 0 Å². The van der Waals surface area contributed by atoms with Gasteiger partial charge in [-0.25, -0.2) is 4.68 Å². The van der Waals surface area contributed by atoms with Gasteiger partial charge in [0.05, 0.1) is 26.0 Å². The topological polar surface area (TPSA) is 79.4 Å². The number of benzene rings is 1. The molecule has 1 unspecified atom stereocenters. The molecule has 0 amide bonds. The Morgan fingerprint density at radius 1 is 1.32 bits per heavy atom. The maximum Gasteiger partial charge on any atom is 0.271 e. The summed E-state index contributed by atoms with van der Waals surface area (Å²) in [5, 5.41) is 4.42. The van der Waals surface area contributed by atoms with E-state index >= 15 is 0 Å². The van der Waals surface area contributed by atoms with Crippen LogP contribution in [0.5, 0.6) is 5.75 Å². The highest BCUT2D eigenvalue weighted by atomic mass is 16.5. The van der Waals surface area contributed by atoms with Gasteiger partial charge in [0.25, 0.3) is 5.56 Å². The highest BCUT2D eigenvalue weighted by Gasteiger charge is 2.15. The number of ether oxygens (including phenoxy) is 2. The van der Waals surface area contributed by atoms with E-state index in [1.165, 1.54) is 4.68 Å². The van der Waals surface area contributed by atoms with E-state index in [9.17, 15) is 4.79 Å². The molecule has 2 aromatic rings. The van der Waals surface area contributed by atoms with Gasteiger partial charge in [0.1, 0.15) is 5.75 Å². The van der Waals surface area contributed by atoms with Crippen LogP contribution in [-0.2, 0) is 11.3 Å². The summed E-state index contributed by atoms with van der Waals surface area (Å²) in [5.74, 6) is 0.697. The number of hydrogen-bond acceptors (Lipinski definition) is 5. The molecule has 2 rings (SSSR count). The lowest BCUT2D eigenvalue weighted by atomic mass is 10.1. The van der Waals surface area contributed by atoms with E-state index in [0.717, 1.165) is 5.56 Å². The molecule has 0 radical (unpaired) electrons. The highest BCUT2D eigenvalue weighted by Crippen LogP contribution is 2.28. The van der Waals surface area contributed by atoms with E-state index in [-0.39, 0.29) is 11.6 Å². The molecule has 118 valence electrons. The molecule has 1 aromatic heterocycles. The summed E-state index contributed by atoms with van der Waals surface area (Å²) < 4.78 is 11.8. The van der Waals surface area contributed by atoms with Crippen molar-refractivity contribution in [3.8, 4) is 17.0 Å². The molecule has 0 aliphatic rings. The van der Waals surface area contributed by atoms with Crippen LogP contribution in [0.1, 0.15) is 18.5 Å². The predicted molar refractivity (Wildman–Crippen MR) is 85.0 cm³/mol. The van der Waals surface area contributed by atoms with Crippen molar-refractivity contribution in [1.82, 2.24) is 9.78 Å². The van der Waals surface area contributed by atoms with E-state index in [2.05, 4.69) is 5.10 Å². The molecule has 1 heterocycles. The van der Waals surface area contributed by atoms with E-state index in [1.807, 2.05) is 24.3 Å². The van der Waals surface area contributed by atoms with Crippen molar-refractivity contribution in [2.75, 3.05) is 20.8 Å². The van der Waals surface area contributed by atoms with Crippen molar-refractivity contribution in [2.45, 2.75) is 19.5 Å². The molecule has 0 spiro atoms. The Labute approximate surface area is 129 Å². The first kappa shape index (κ1) is 16.2. The van der Waals surface area contributed by atoms with Crippen LogP contribution in [0.4, 0.5) is 0 Å². The summed E-state index contributed by atoms with van der Waals surface area (Å²) in [6.45, 7) is 2.56. The monoisotopic (exact) mass is 303 g/mol. The van der Waals surface area contributed by atoms with Crippen LogP contribution < -0.4 is 16.0 Å². The number of nitrogens with zero attached hydrogens (tertiary/aromatic N) is 2. The molecule has 6 heteroatoms. The lowest BCUT2D eigenvalue weighted by Crippen LogP contribution is -2.30. The number of para-hydroxylation sites is 1. The van der Waals surface area contributed by atoms with Crippen LogP contribution in [0.25, 0.3) is 11.3 Å². The van der Waals surface area contributed by atoms with Crippen molar-refractivity contribution in [2.24, 2.45) is 5.73 Å². The number of nitrogens with two attached hydrogens (primary N) is 1. The van der Waals surface area contributed by atoms with Gasteiger partial charge in [0.2, 0.25) is 0 Å². The van der Waals surface area contributed by atoms with Gasteiger partial charge in [0.15, 0.2) is 0 Å². The summed E-state index contributed by atoms with van der Waals surface area (Å²) >= 11 is 0. The molecule has 0 saturated heterocycles. The zero-order valence-corrected chi connectivity index (χ0v) is 13.1. The Hall–Kier alpha value is -2.18. The smallest absolute Gasteiger partial charge is 0.271 e. The Bertz CT molecular complexity index is 695. The van der Waals surface area contributed by atoms with Crippen LogP contribution in [0.3, 0.4) is 0 Å². The molecule has 0 bridgehead atoms. The Morgan fingerprint density at radius 2 is 2.05 bits per heavy atom. The van der Waals surface area contributed by atoms with Crippen LogP contribution in [0.15, 0.2) is 35.1 Å². The zero-order chi connectivity index (χ0) is 16.1. The number of aromatic nitrogens is 2. The van der Waals surface area contributed by atoms with Crippen LogP contribution in [-0.4, -0.2) is 30.6 Å². The van der Waals surface area contributed by atoms with Gasteiger partial charge in [-0.2, -0.15) is 5.10 Å². The Balaban J connectivity index is 2.60. The molecule has 0 aliphatic carbocycles. The number of hydrogen-bond donors (Lipinski definition) is 1. The molecule has 2 N–H and O–H groups in total. The normalized spacial score (nSPS) is 12.2. The van der Waals surface area contributed by atoms with E-state index in [0.29, 0.717) is 30.2 Å². The first-order valence-corrected chi connectivity index (χ1v) is 7.08. The SMILES string of the molecule is COCCn1nc(-c2ccccc2OC)cc(C(C)N)c1=O. The van der Waals surface area contributed by atoms with Crippen molar-refractivity contribution in [1.29, 1.82) is 0 Å². The van der Waals surface area contributed by atoms with Crippen LogP contribution in [0, 0.1) is 0 Å². The van der Waals surface area contributed by atoms with Gasteiger partial charge in [-0.1, -0.05) is 12.1 Å². The lowest BCUT2D eigenvalue weighted by molar-refractivity contribution is 0.181. The second-order valence-electron chi connectivity index (χ2n) is 4.99. The molecule has 0 saturated carbocycles. The molecule has 22 heavy (non-hydrogen) atoms. The van der Waals surface area contributed by atoms with Gasteiger partial charge < -0.3 is 15.2 Å².